The van der Waals surface area contributed by atoms with Crippen LogP contribution >= 0.6 is 11.6 Å². The molecule has 2 fully saturated rings. The maximum atomic E-state index is 11.7. The van der Waals surface area contributed by atoms with Crippen LogP contribution in [0.2, 0.25) is 5.15 Å². The molecule has 4 rings (SSSR count). The van der Waals surface area contributed by atoms with E-state index in [0.29, 0.717) is 35.9 Å². The van der Waals surface area contributed by atoms with Crippen LogP contribution in [0.1, 0.15) is 24.8 Å². The van der Waals surface area contributed by atoms with Crippen molar-refractivity contribution in [3.05, 3.63) is 50.7 Å². The third kappa shape index (κ3) is 3.06. The van der Waals surface area contributed by atoms with Crippen molar-refractivity contribution in [1.29, 1.82) is 0 Å². The molecule has 25 heavy (non-hydrogen) atoms. The van der Waals surface area contributed by atoms with E-state index in [4.69, 9.17) is 11.6 Å². The van der Waals surface area contributed by atoms with E-state index in [1.807, 2.05) is 18.0 Å². The van der Waals surface area contributed by atoms with Gasteiger partial charge in [-0.3, -0.25) is 15.0 Å². The molecule has 2 aliphatic heterocycles. The van der Waals surface area contributed by atoms with E-state index in [2.05, 4.69) is 14.8 Å². The van der Waals surface area contributed by atoms with Crippen molar-refractivity contribution < 1.29 is 4.92 Å². The number of nitro groups is 1. The predicted molar refractivity (Wildman–Crippen MR) is 94.1 cm³/mol. The summed E-state index contributed by atoms with van der Waals surface area (Å²) in [6.07, 6.45) is 5.28. The van der Waals surface area contributed by atoms with Gasteiger partial charge >= 0.3 is 0 Å². The molecule has 8 heteroatoms. The van der Waals surface area contributed by atoms with Crippen molar-refractivity contribution in [2.75, 3.05) is 26.8 Å². The molecule has 0 unspecified atom stereocenters. The average molecular weight is 364 g/mol. The maximum Gasteiger partial charge on any atom is 0.300 e. The average Bonchev–Trinajstić information content (AvgIpc) is 3.04. The molecule has 0 bridgehead atoms. The lowest BCUT2D eigenvalue weighted by Crippen LogP contribution is -2.58. The van der Waals surface area contributed by atoms with Gasteiger partial charge in [-0.15, -0.1) is 0 Å². The molecule has 2 atom stereocenters. The molecular weight excluding hydrogens is 342 g/mol. The molecule has 3 heterocycles. The number of rotatable bonds is 3. The molecule has 1 saturated heterocycles. The van der Waals surface area contributed by atoms with Crippen molar-refractivity contribution in [3.8, 4) is 0 Å². The van der Waals surface area contributed by atoms with Crippen molar-refractivity contribution >= 4 is 11.6 Å². The minimum atomic E-state index is -0.208. The van der Waals surface area contributed by atoms with E-state index < -0.39 is 0 Å². The minimum absolute atomic E-state index is 0.208. The first-order chi connectivity index (χ1) is 12.0. The first kappa shape index (κ1) is 16.6. The van der Waals surface area contributed by atoms with Crippen molar-refractivity contribution in [2.45, 2.75) is 31.8 Å². The van der Waals surface area contributed by atoms with Gasteiger partial charge in [-0.05, 0) is 37.4 Å². The van der Waals surface area contributed by atoms with Crippen LogP contribution < -0.4 is 0 Å². The zero-order valence-corrected chi connectivity index (χ0v) is 15.0. The predicted octanol–water partition coefficient (Wildman–Crippen LogP) is 2.37. The van der Waals surface area contributed by atoms with Crippen LogP contribution in [-0.4, -0.2) is 57.5 Å². The topological polar surface area (TPSA) is 65.8 Å². The molecule has 0 aromatic carbocycles. The molecule has 1 saturated carbocycles. The minimum Gasteiger partial charge on any atom is -0.348 e. The van der Waals surface area contributed by atoms with Crippen molar-refractivity contribution in [3.63, 3.8) is 0 Å². The zero-order valence-electron chi connectivity index (χ0n) is 14.3. The smallest absolute Gasteiger partial charge is 0.300 e. The Morgan fingerprint density at radius 1 is 1.40 bits per heavy atom. The lowest BCUT2D eigenvalue weighted by molar-refractivity contribution is -0.434. The van der Waals surface area contributed by atoms with Crippen LogP contribution in [0, 0.1) is 16.0 Å². The van der Waals surface area contributed by atoms with Crippen LogP contribution in [0.4, 0.5) is 0 Å². The summed E-state index contributed by atoms with van der Waals surface area (Å²) >= 11 is 5.88. The van der Waals surface area contributed by atoms with Gasteiger partial charge in [0, 0.05) is 25.3 Å². The lowest BCUT2D eigenvalue weighted by atomic mass is 9.96. The summed E-state index contributed by atoms with van der Waals surface area (Å²) < 4.78 is 0. The van der Waals surface area contributed by atoms with E-state index >= 15 is 0 Å². The summed E-state index contributed by atoms with van der Waals surface area (Å²) in [6.45, 7) is 2.63. The standard InChI is InChI=1S/C17H22ClN5O2/c1-20-10-15(23(24)25)17-21(8-12-5-6-16(18)19-7-12)9-13-3-2-4-14(13)22(17)11-20/h5-7,13-14H,2-4,8-11H2,1H3/t13-,14-/m1/s1. The van der Waals surface area contributed by atoms with Gasteiger partial charge in [-0.25, -0.2) is 4.98 Å². The maximum absolute atomic E-state index is 11.7. The van der Waals surface area contributed by atoms with Crippen molar-refractivity contribution in [1.82, 2.24) is 19.7 Å². The molecule has 0 amide bonds. The van der Waals surface area contributed by atoms with Gasteiger partial charge in [0.25, 0.3) is 5.70 Å². The summed E-state index contributed by atoms with van der Waals surface area (Å²) in [5, 5.41) is 12.2. The second-order valence-electron chi connectivity index (χ2n) is 7.28. The molecule has 1 aliphatic carbocycles. The van der Waals surface area contributed by atoms with Crippen LogP contribution in [0.25, 0.3) is 0 Å². The fourth-order valence-electron chi connectivity index (χ4n) is 4.50. The normalized spacial score (nSPS) is 26.6. The monoisotopic (exact) mass is 363 g/mol. The highest BCUT2D eigenvalue weighted by Crippen LogP contribution is 2.41. The summed E-state index contributed by atoms with van der Waals surface area (Å²) in [6, 6.07) is 4.14. The third-order valence-electron chi connectivity index (χ3n) is 5.50. The first-order valence-corrected chi connectivity index (χ1v) is 9.09. The van der Waals surface area contributed by atoms with Gasteiger partial charge in [-0.2, -0.15) is 0 Å². The fourth-order valence-corrected chi connectivity index (χ4v) is 4.62. The molecule has 134 valence electrons. The van der Waals surface area contributed by atoms with Gasteiger partial charge in [0.15, 0.2) is 5.82 Å². The highest BCUT2D eigenvalue weighted by atomic mass is 35.5. The number of nitrogens with zero attached hydrogens (tertiary/aromatic N) is 5. The summed E-state index contributed by atoms with van der Waals surface area (Å²) in [5.41, 5.74) is 1.33. The van der Waals surface area contributed by atoms with E-state index in [9.17, 15) is 10.1 Å². The number of aromatic nitrogens is 1. The molecule has 0 N–H and O–H groups in total. The Hall–Kier alpha value is -1.86. The Morgan fingerprint density at radius 2 is 2.24 bits per heavy atom. The van der Waals surface area contributed by atoms with Crippen molar-refractivity contribution in [2.24, 2.45) is 5.92 Å². The molecule has 0 spiro atoms. The van der Waals surface area contributed by atoms with Crippen LogP contribution in [0.3, 0.4) is 0 Å². The molecule has 1 aromatic rings. The zero-order chi connectivity index (χ0) is 17.6. The molecule has 3 aliphatic rings. The highest BCUT2D eigenvalue weighted by molar-refractivity contribution is 6.29. The highest BCUT2D eigenvalue weighted by Gasteiger charge is 2.46. The number of halogens is 1. The summed E-state index contributed by atoms with van der Waals surface area (Å²) in [4.78, 5) is 22.2. The van der Waals surface area contributed by atoms with Gasteiger partial charge in [-0.1, -0.05) is 24.1 Å². The second kappa shape index (κ2) is 6.46. The van der Waals surface area contributed by atoms with Crippen LogP contribution in [-0.2, 0) is 6.54 Å². The Balaban J connectivity index is 1.71. The lowest BCUT2D eigenvalue weighted by Gasteiger charge is -2.50. The molecule has 0 radical (unpaired) electrons. The Morgan fingerprint density at radius 3 is 2.96 bits per heavy atom. The largest absolute Gasteiger partial charge is 0.348 e. The van der Waals surface area contributed by atoms with Gasteiger partial charge in [0.05, 0.1) is 18.1 Å². The van der Waals surface area contributed by atoms with E-state index in [1.54, 1.807) is 12.3 Å². The van der Waals surface area contributed by atoms with Crippen LogP contribution in [0.15, 0.2) is 29.8 Å². The van der Waals surface area contributed by atoms with Gasteiger partial charge in [0.2, 0.25) is 0 Å². The first-order valence-electron chi connectivity index (χ1n) is 8.71. The van der Waals surface area contributed by atoms with Gasteiger partial charge in [0.1, 0.15) is 5.15 Å². The van der Waals surface area contributed by atoms with E-state index in [-0.39, 0.29) is 4.92 Å². The molecule has 7 nitrogen and oxygen atoms in total. The number of hydrogen-bond acceptors (Lipinski definition) is 6. The Kier molecular flexibility index (Phi) is 4.29. The SMILES string of the molecule is CN1CC([N+](=O)[O-])=C2N(Cc3ccc(Cl)nc3)C[C@H]3CCC[C@H]3N2C1. The number of pyridine rings is 1. The number of fused-ring (bicyclic) bond motifs is 3. The van der Waals surface area contributed by atoms with Crippen LogP contribution in [0.5, 0.6) is 0 Å². The molecule has 1 aromatic heterocycles. The van der Waals surface area contributed by atoms with E-state index in [0.717, 1.165) is 31.0 Å². The molecular formula is C17H22ClN5O2. The summed E-state index contributed by atoms with van der Waals surface area (Å²) in [7, 11) is 1.95. The van der Waals surface area contributed by atoms with Gasteiger partial charge < -0.3 is 9.80 Å². The summed E-state index contributed by atoms with van der Waals surface area (Å²) in [5.74, 6) is 1.38. The number of likely N-dealkylation sites (N-methyl/N-ethyl adjacent to an activating group) is 1. The third-order valence-corrected chi connectivity index (χ3v) is 5.72. The second-order valence-corrected chi connectivity index (χ2v) is 7.67. The quantitative estimate of drug-likeness (QED) is 0.466. The van der Waals surface area contributed by atoms with E-state index in [1.165, 1.54) is 12.8 Å². The number of hydrogen-bond donors (Lipinski definition) is 0. The fraction of sp³-hybridized carbons (Fsp3) is 0.588. The Labute approximate surface area is 152 Å². The Bertz CT molecular complexity index is 707.